The second kappa shape index (κ2) is 4.14. The van der Waals surface area contributed by atoms with E-state index in [0.29, 0.717) is 0 Å². The molecule has 0 aromatic heterocycles. The van der Waals surface area contributed by atoms with Crippen molar-refractivity contribution in [1.82, 2.24) is 0 Å². The summed E-state index contributed by atoms with van der Waals surface area (Å²) in [7, 11) is 3.24. The molecule has 0 spiro atoms. The topological polar surface area (TPSA) is 18.5 Å². The van der Waals surface area contributed by atoms with Crippen LogP contribution in [0.5, 0.6) is 11.5 Å². The van der Waals surface area contributed by atoms with Gasteiger partial charge in [-0.1, -0.05) is 0 Å². The summed E-state index contributed by atoms with van der Waals surface area (Å²) >= 11 is 6.72. The molecule has 2 nitrogen and oxygen atoms in total. The van der Waals surface area contributed by atoms with Gasteiger partial charge in [0.15, 0.2) is 0 Å². The lowest BCUT2D eigenvalue weighted by Gasteiger charge is -2.07. The molecular weight excluding hydrogens is 288 g/mol. The molecule has 0 aliphatic rings. The van der Waals surface area contributed by atoms with E-state index in [4.69, 9.17) is 9.47 Å². The smallest absolute Gasteiger partial charge is 0.136 e. The summed E-state index contributed by atoms with van der Waals surface area (Å²) in [5.74, 6) is 1.52. The fraction of sp³-hybridized carbons (Fsp3) is 0.250. The summed E-state index contributed by atoms with van der Waals surface area (Å²) in [6.07, 6.45) is 0. The zero-order valence-corrected chi connectivity index (χ0v) is 9.90. The van der Waals surface area contributed by atoms with Gasteiger partial charge in [0, 0.05) is 6.07 Å². The van der Waals surface area contributed by atoms with Crippen LogP contribution in [0, 0.1) is 0 Å². The SMILES string of the molecule is COc1cc(OC)c(Br)cc1Br. The van der Waals surface area contributed by atoms with Gasteiger partial charge in [-0.05, 0) is 37.9 Å². The predicted molar refractivity (Wildman–Crippen MR) is 54.9 cm³/mol. The quantitative estimate of drug-likeness (QED) is 0.834. The molecule has 4 heteroatoms. The molecule has 0 saturated heterocycles. The van der Waals surface area contributed by atoms with Gasteiger partial charge in [-0.2, -0.15) is 0 Å². The van der Waals surface area contributed by atoms with Crippen molar-refractivity contribution in [1.29, 1.82) is 0 Å². The maximum absolute atomic E-state index is 5.09. The van der Waals surface area contributed by atoms with E-state index in [-0.39, 0.29) is 0 Å². The van der Waals surface area contributed by atoms with Gasteiger partial charge in [-0.3, -0.25) is 0 Å². The van der Waals surface area contributed by atoms with Crippen molar-refractivity contribution in [3.8, 4) is 11.5 Å². The van der Waals surface area contributed by atoms with E-state index in [2.05, 4.69) is 31.9 Å². The van der Waals surface area contributed by atoms with Crippen molar-refractivity contribution in [3.63, 3.8) is 0 Å². The summed E-state index contributed by atoms with van der Waals surface area (Å²) in [4.78, 5) is 0. The van der Waals surface area contributed by atoms with Gasteiger partial charge in [0.05, 0.1) is 23.2 Å². The first kappa shape index (κ1) is 9.86. The molecule has 1 aromatic carbocycles. The average Bonchev–Trinajstić information content (AvgIpc) is 2.05. The summed E-state index contributed by atoms with van der Waals surface area (Å²) < 4.78 is 12.0. The Hall–Kier alpha value is -0.220. The summed E-state index contributed by atoms with van der Waals surface area (Å²) in [6, 6.07) is 3.70. The molecule has 0 fully saturated rings. The molecule has 0 bridgehead atoms. The van der Waals surface area contributed by atoms with Crippen LogP contribution in [0.3, 0.4) is 0 Å². The standard InChI is InChI=1S/C8H8Br2O2/c1-11-7-4-8(12-2)6(10)3-5(7)9/h3-4H,1-2H3. The van der Waals surface area contributed by atoms with Gasteiger partial charge < -0.3 is 9.47 Å². The lowest BCUT2D eigenvalue weighted by atomic mass is 10.3. The highest BCUT2D eigenvalue weighted by atomic mass is 79.9. The largest absolute Gasteiger partial charge is 0.495 e. The molecule has 1 aromatic rings. The van der Waals surface area contributed by atoms with E-state index in [0.717, 1.165) is 20.4 Å². The molecule has 66 valence electrons. The van der Waals surface area contributed by atoms with Crippen molar-refractivity contribution in [3.05, 3.63) is 21.1 Å². The second-order valence-electron chi connectivity index (χ2n) is 2.12. The van der Waals surface area contributed by atoms with Crippen molar-refractivity contribution >= 4 is 31.9 Å². The molecule has 12 heavy (non-hydrogen) atoms. The Balaban J connectivity index is 3.18. The fourth-order valence-corrected chi connectivity index (χ4v) is 2.14. The van der Waals surface area contributed by atoms with Crippen molar-refractivity contribution in [2.45, 2.75) is 0 Å². The van der Waals surface area contributed by atoms with Crippen LogP contribution in [0.2, 0.25) is 0 Å². The van der Waals surface area contributed by atoms with Crippen molar-refractivity contribution < 1.29 is 9.47 Å². The molecule has 0 heterocycles. The highest BCUT2D eigenvalue weighted by Gasteiger charge is 2.06. The number of methoxy groups -OCH3 is 2. The normalized spacial score (nSPS) is 9.67. The Bertz CT molecular complexity index is 261. The Labute approximate surface area is 88.1 Å². The molecule has 0 saturated carbocycles. The van der Waals surface area contributed by atoms with Gasteiger partial charge in [0.1, 0.15) is 11.5 Å². The van der Waals surface area contributed by atoms with Crippen LogP contribution in [-0.4, -0.2) is 14.2 Å². The summed E-state index contributed by atoms with van der Waals surface area (Å²) in [6.45, 7) is 0. The Morgan fingerprint density at radius 2 is 1.33 bits per heavy atom. The summed E-state index contributed by atoms with van der Waals surface area (Å²) in [5.41, 5.74) is 0. The zero-order chi connectivity index (χ0) is 9.14. The number of hydrogen-bond acceptors (Lipinski definition) is 2. The van der Waals surface area contributed by atoms with Crippen LogP contribution in [-0.2, 0) is 0 Å². The Morgan fingerprint density at radius 1 is 0.917 bits per heavy atom. The zero-order valence-electron chi connectivity index (χ0n) is 6.73. The molecule has 0 unspecified atom stereocenters. The number of hydrogen-bond donors (Lipinski definition) is 0. The first-order valence-corrected chi connectivity index (χ1v) is 4.84. The van der Waals surface area contributed by atoms with Crippen LogP contribution in [0.1, 0.15) is 0 Å². The molecule has 0 aliphatic carbocycles. The maximum Gasteiger partial charge on any atom is 0.136 e. The molecule has 0 amide bonds. The van der Waals surface area contributed by atoms with Gasteiger partial charge in [-0.25, -0.2) is 0 Å². The second-order valence-corrected chi connectivity index (χ2v) is 3.83. The third-order valence-corrected chi connectivity index (χ3v) is 2.67. The Morgan fingerprint density at radius 3 is 1.67 bits per heavy atom. The van der Waals surface area contributed by atoms with Crippen LogP contribution < -0.4 is 9.47 Å². The number of ether oxygens (including phenoxy) is 2. The van der Waals surface area contributed by atoms with Crippen molar-refractivity contribution in [2.24, 2.45) is 0 Å². The van der Waals surface area contributed by atoms with Crippen LogP contribution >= 0.6 is 31.9 Å². The van der Waals surface area contributed by atoms with Crippen LogP contribution in [0.4, 0.5) is 0 Å². The molecule has 0 N–H and O–H groups in total. The average molecular weight is 296 g/mol. The minimum absolute atomic E-state index is 0.759. The number of benzene rings is 1. The predicted octanol–water partition coefficient (Wildman–Crippen LogP) is 3.23. The highest BCUT2D eigenvalue weighted by molar-refractivity contribution is 9.11. The fourth-order valence-electron chi connectivity index (χ4n) is 0.823. The van der Waals surface area contributed by atoms with E-state index >= 15 is 0 Å². The minimum Gasteiger partial charge on any atom is -0.495 e. The van der Waals surface area contributed by atoms with Crippen LogP contribution in [0.15, 0.2) is 21.1 Å². The van der Waals surface area contributed by atoms with Gasteiger partial charge in [0.2, 0.25) is 0 Å². The summed E-state index contributed by atoms with van der Waals surface area (Å²) in [5, 5.41) is 0. The maximum atomic E-state index is 5.09. The molecule has 0 radical (unpaired) electrons. The van der Waals surface area contributed by atoms with Gasteiger partial charge in [-0.15, -0.1) is 0 Å². The van der Waals surface area contributed by atoms with E-state index < -0.39 is 0 Å². The van der Waals surface area contributed by atoms with E-state index in [1.165, 1.54) is 0 Å². The monoisotopic (exact) mass is 294 g/mol. The molecule has 0 atom stereocenters. The minimum atomic E-state index is 0.759. The molecule has 1 rings (SSSR count). The highest BCUT2D eigenvalue weighted by Crippen LogP contribution is 2.35. The van der Waals surface area contributed by atoms with E-state index in [1.807, 2.05) is 12.1 Å². The van der Waals surface area contributed by atoms with Crippen LogP contribution in [0.25, 0.3) is 0 Å². The first-order valence-electron chi connectivity index (χ1n) is 3.26. The lowest BCUT2D eigenvalue weighted by Crippen LogP contribution is -1.88. The number of rotatable bonds is 2. The molecule has 0 aliphatic heterocycles. The van der Waals surface area contributed by atoms with Gasteiger partial charge in [0.25, 0.3) is 0 Å². The lowest BCUT2D eigenvalue weighted by molar-refractivity contribution is 0.391. The van der Waals surface area contributed by atoms with Gasteiger partial charge >= 0.3 is 0 Å². The molecular formula is C8H8Br2O2. The van der Waals surface area contributed by atoms with E-state index in [9.17, 15) is 0 Å². The first-order chi connectivity index (χ1) is 5.69. The number of halogens is 2. The third-order valence-electron chi connectivity index (χ3n) is 1.43. The van der Waals surface area contributed by atoms with E-state index in [1.54, 1.807) is 14.2 Å². The Kier molecular flexibility index (Phi) is 3.40. The third kappa shape index (κ3) is 1.93. The van der Waals surface area contributed by atoms with Crippen molar-refractivity contribution in [2.75, 3.05) is 14.2 Å².